The van der Waals surface area contributed by atoms with Crippen LogP contribution in [0, 0.1) is 5.82 Å². The third kappa shape index (κ3) is 2.49. The predicted octanol–water partition coefficient (Wildman–Crippen LogP) is 1.71. The first-order valence-electron chi connectivity index (χ1n) is 6.42. The number of aryl methyl sites for hydroxylation is 1. The summed E-state index contributed by atoms with van der Waals surface area (Å²) >= 11 is 0. The molecule has 0 bridgehead atoms. The Bertz CT molecular complexity index is 807. The van der Waals surface area contributed by atoms with Gasteiger partial charge in [-0.1, -0.05) is 0 Å². The number of rotatable bonds is 3. The first kappa shape index (κ1) is 13.3. The molecule has 0 unspecified atom stereocenters. The number of carbonyl (C=O) groups is 1. The van der Waals surface area contributed by atoms with Crippen LogP contribution in [0.15, 0.2) is 30.5 Å². The molecule has 3 rings (SSSR count). The topological polar surface area (TPSA) is 66.8 Å². The van der Waals surface area contributed by atoms with Crippen LogP contribution in [0.1, 0.15) is 16.3 Å². The van der Waals surface area contributed by atoms with E-state index in [0.717, 1.165) is 0 Å². The maximum atomic E-state index is 13.1. The van der Waals surface area contributed by atoms with Gasteiger partial charge in [-0.15, -0.1) is 0 Å². The summed E-state index contributed by atoms with van der Waals surface area (Å²) in [5, 5.41) is 3.98. The highest BCUT2D eigenvalue weighted by Gasteiger charge is 2.16. The van der Waals surface area contributed by atoms with E-state index in [-0.39, 0.29) is 11.7 Å². The van der Waals surface area contributed by atoms with Gasteiger partial charge < -0.3 is 9.88 Å². The SMILES string of the molecule is CN(Cc1nc2ccc(F)cc2[nH]1)C(=O)c1ccnn1C. The van der Waals surface area contributed by atoms with E-state index in [1.165, 1.54) is 21.7 Å². The first-order chi connectivity index (χ1) is 10.0. The van der Waals surface area contributed by atoms with E-state index < -0.39 is 0 Å². The molecule has 21 heavy (non-hydrogen) atoms. The average Bonchev–Trinajstić information content (AvgIpc) is 3.03. The highest BCUT2D eigenvalue weighted by Crippen LogP contribution is 2.14. The smallest absolute Gasteiger partial charge is 0.272 e. The lowest BCUT2D eigenvalue weighted by molar-refractivity contribution is 0.0771. The van der Waals surface area contributed by atoms with Gasteiger partial charge in [0, 0.05) is 20.3 Å². The van der Waals surface area contributed by atoms with Crippen molar-refractivity contribution in [3.8, 4) is 0 Å². The molecule has 1 aromatic carbocycles. The Morgan fingerprint density at radius 1 is 1.43 bits per heavy atom. The van der Waals surface area contributed by atoms with E-state index in [1.54, 1.807) is 32.4 Å². The number of fused-ring (bicyclic) bond motifs is 1. The van der Waals surface area contributed by atoms with Gasteiger partial charge in [-0.25, -0.2) is 9.37 Å². The molecule has 0 saturated carbocycles. The molecule has 0 atom stereocenters. The third-order valence-corrected chi connectivity index (χ3v) is 3.27. The van der Waals surface area contributed by atoms with Gasteiger partial charge >= 0.3 is 0 Å². The second kappa shape index (κ2) is 5.01. The quantitative estimate of drug-likeness (QED) is 0.797. The van der Waals surface area contributed by atoms with E-state index in [2.05, 4.69) is 15.1 Å². The van der Waals surface area contributed by atoms with Crippen molar-refractivity contribution in [3.63, 3.8) is 0 Å². The molecule has 0 radical (unpaired) electrons. The fourth-order valence-corrected chi connectivity index (χ4v) is 2.19. The van der Waals surface area contributed by atoms with Crippen molar-refractivity contribution < 1.29 is 9.18 Å². The van der Waals surface area contributed by atoms with E-state index in [4.69, 9.17) is 0 Å². The van der Waals surface area contributed by atoms with Crippen LogP contribution < -0.4 is 0 Å². The molecule has 0 spiro atoms. The Balaban J connectivity index is 1.81. The van der Waals surface area contributed by atoms with Crippen molar-refractivity contribution >= 4 is 16.9 Å². The first-order valence-corrected chi connectivity index (χ1v) is 6.42. The van der Waals surface area contributed by atoms with Crippen LogP contribution in [-0.4, -0.2) is 37.6 Å². The fraction of sp³-hybridized carbons (Fsp3) is 0.214. The zero-order valence-corrected chi connectivity index (χ0v) is 11.7. The second-order valence-electron chi connectivity index (χ2n) is 4.85. The standard InChI is InChI=1S/C14H14FN5O/c1-19(14(21)12-5-6-16-20(12)2)8-13-17-10-4-3-9(15)7-11(10)18-13/h3-7H,8H2,1-2H3,(H,17,18). The largest absolute Gasteiger partial charge is 0.340 e. The summed E-state index contributed by atoms with van der Waals surface area (Å²) in [7, 11) is 3.40. The van der Waals surface area contributed by atoms with Crippen molar-refractivity contribution in [2.75, 3.05) is 7.05 Å². The van der Waals surface area contributed by atoms with Crippen molar-refractivity contribution in [2.45, 2.75) is 6.54 Å². The number of carbonyl (C=O) groups excluding carboxylic acids is 1. The summed E-state index contributed by atoms with van der Waals surface area (Å²) in [6, 6.07) is 6.01. The van der Waals surface area contributed by atoms with Gasteiger partial charge in [0.25, 0.3) is 5.91 Å². The number of aromatic nitrogens is 4. The molecule has 0 saturated heterocycles. The van der Waals surface area contributed by atoms with Gasteiger partial charge in [-0.05, 0) is 24.3 Å². The van der Waals surface area contributed by atoms with E-state index in [0.29, 0.717) is 29.1 Å². The van der Waals surface area contributed by atoms with Crippen LogP contribution in [-0.2, 0) is 13.6 Å². The second-order valence-corrected chi connectivity index (χ2v) is 4.85. The zero-order valence-electron chi connectivity index (χ0n) is 11.7. The van der Waals surface area contributed by atoms with Crippen molar-refractivity contribution in [1.82, 2.24) is 24.6 Å². The lowest BCUT2D eigenvalue weighted by Crippen LogP contribution is -2.28. The minimum Gasteiger partial charge on any atom is -0.340 e. The normalized spacial score (nSPS) is 11.0. The molecule has 2 heterocycles. The number of nitrogens with zero attached hydrogens (tertiary/aromatic N) is 4. The van der Waals surface area contributed by atoms with Gasteiger partial charge in [0.15, 0.2) is 0 Å². The fourth-order valence-electron chi connectivity index (χ4n) is 2.19. The van der Waals surface area contributed by atoms with Crippen LogP contribution in [0.5, 0.6) is 0 Å². The molecular weight excluding hydrogens is 273 g/mol. The predicted molar refractivity (Wildman–Crippen MR) is 75.1 cm³/mol. The Morgan fingerprint density at radius 2 is 2.24 bits per heavy atom. The minimum atomic E-state index is -0.322. The number of nitrogens with one attached hydrogen (secondary N) is 1. The molecule has 6 nitrogen and oxygen atoms in total. The van der Waals surface area contributed by atoms with E-state index in [1.807, 2.05) is 0 Å². The van der Waals surface area contributed by atoms with Crippen LogP contribution >= 0.6 is 0 Å². The number of imidazole rings is 1. The molecule has 7 heteroatoms. The number of amides is 1. The van der Waals surface area contributed by atoms with Crippen molar-refractivity contribution in [2.24, 2.45) is 7.05 Å². The van der Waals surface area contributed by atoms with Crippen LogP contribution in [0.3, 0.4) is 0 Å². The van der Waals surface area contributed by atoms with Gasteiger partial charge in [0.05, 0.1) is 17.6 Å². The zero-order chi connectivity index (χ0) is 15.0. The number of hydrogen-bond acceptors (Lipinski definition) is 3. The molecule has 3 aromatic rings. The Kier molecular flexibility index (Phi) is 3.17. The number of hydrogen-bond donors (Lipinski definition) is 1. The summed E-state index contributed by atoms with van der Waals surface area (Å²) < 4.78 is 14.7. The lowest BCUT2D eigenvalue weighted by atomic mass is 10.3. The Labute approximate surface area is 120 Å². The molecule has 108 valence electrons. The molecular formula is C14H14FN5O. The molecule has 2 aromatic heterocycles. The van der Waals surface area contributed by atoms with Gasteiger partial charge in [-0.3, -0.25) is 9.48 Å². The summed E-state index contributed by atoms with van der Waals surface area (Å²) in [6.45, 7) is 0.306. The molecule has 0 aliphatic heterocycles. The van der Waals surface area contributed by atoms with Crippen LogP contribution in [0.4, 0.5) is 4.39 Å². The monoisotopic (exact) mass is 287 g/mol. The molecule has 0 aliphatic rings. The molecule has 0 fully saturated rings. The lowest BCUT2D eigenvalue weighted by Gasteiger charge is -2.15. The summed E-state index contributed by atoms with van der Waals surface area (Å²) in [6.07, 6.45) is 1.57. The Morgan fingerprint density at radius 3 is 2.95 bits per heavy atom. The maximum Gasteiger partial charge on any atom is 0.272 e. The summed E-state index contributed by atoms with van der Waals surface area (Å²) in [5.74, 6) is 0.132. The summed E-state index contributed by atoms with van der Waals surface area (Å²) in [4.78, 5) is 21.2. The van der Waals surface area contributed by atoms with Gasteiger partial charge in [0.1, 0.15) is 17.3 Å². The Hall–Kier alpha value is -2.70. The van der Waals surface area contributed by atoms with Crippen LogP contribution in [0.25, 0.3) is 11.0 Å². The van der Waals surface area contributed by atoms with Gasteiger partial charge in [0.2, 0.25) is 0 Å². The van der Waals surface area contributed by atoms with E-state index in [9.17, 15) is 9.18 Å². The number of benzene rings is 1. The van der Waals surface area contributed by atoms with Crippen molar-refractivity contribution in [3.05, 3.63) is 47.8 Å². The number of halogens is 1. The van der Waals surface area contributed by atoms with Crippen LogP contribution in [0.2, 0.25) is 0 Å². The highest BCUT2D eigenvalue weighted by molar-refractivity contribution is 5.92. The highest BCUT2D eigenvalue weighted by atomic mass is 19.1. The molecule has 0 aliphatic carbocycles. The molecule has 1 N–H and O–H groups in total. The maximum absolute atomic E-state index is 13.1. The number of H-pyrrole nitrogens is 1. The van der Waals surface area contributed by atoms with Crippen molar-refractivity contribution in [1.29, 1.82) is 0 Å². The third-order valence-electron chi connectivity index (χ3n) is 3.27. The average molecular weight is 287 g/mol. The number of aromatic amines is 1. The summed E-state index contributed by atoms with van der Waals surface area (Å²) in [5.41, 5.74) is 1.79. The van der Waals surface area contributed by atoms with Gasteiger partial charge in [-0.2, -0.15) is 5.10 Å². The minimum absolute atomic E-state index is 0.151. The molecule has 1 amide bonds. The van der Waals surface area contributed by atoms with E-state index >= 15 is 0 Å².